The molecule has 1 aliphatic rings. The molecule has 0 spiro atoms. The third kappa shape index (κ3) is 4.32. The summed E-state index contributed by atoms with van der Waals surface area (Å²) in [7, 11) is 2.07. The van der Waals surface area contributed by atoms with Crippen LogP contribution in [0.5, 0.6) is 0 Å². The van der Waals surface area contributed by atoms with Crippen LogP contribution in [0.3, 0.4) is 0 Å². The lowest BCUT2D eigenvalue weighted by atomic mass is 10.0. The van der Waals surface area contributed by atoms with E-state index in [1.807, 2.05) is 12.1 Å². The predicted molar refractivity (Wildman–Crippen MR) is 90.8 cm³/mol. The first-order valence-electron chi connectivity index (χ1n) is 6.79. The van der Waals surface area contributed by atoms with Crippen LogP contribution < -0.4 is 5.32 Å². The third-order valence-electron chi connectivity index (χ3n) is 3.74. The molecule has 0 aliphatic carbocycles. The van der Waals surface area contributed by atoms with E-state index in [0.717, 1.165) is 21.9 Å². The van der Waals surface area contributed by atoms with Crippen molar-refractivity contribution in [2.24, 2.45) is 0 Å². The lowest BCUT2D eigenvalue weighted by Crippen LogP contribution is -2.43. The Kier molecular flexibility index (Phi) is 5.94. The lowest BCUT2D eigenvalue weighted by molar-refractivity contribution is 0.554. The summed E-state index contributed by atoms with van der Waals surface area (Å²) < 4.78 is 0. The van der Waals surface area contributed by atoms with E-state index >= 15 is 0 Å². The fraction of sp³-hybridized carbons (Fsp3) is 0.600. The Morgan fingerprint density at radius 2 is 2.16 bits per heavy atom. The molecule has 1 N–H and O–H groups in total. The van der Waals surface area contributed by atoms with Crippen LogP contribution in [0.2, 0.25) is 5.02 Å². The average Bonchev–Trinajstić information content (AvgIpc) is 2.39. The van der Waals surface area contributed by atoms with Crippen molar-refractivity contribution in [1.29, 1.82) is 0 Å². The van der Waals surface area contributed by atoms with Gasteiger partial charge in [0.05, 0.1) is 0 Å². The number of halogens is 1. The first-order chi connectivity index (χ1) is 9.10. The van der Waals surface area contributed by atoms with Crippen molar-refractivity contribution >= 4 is 35.1 Å². The number of benzene rings is 1. The van der Waals surface area contributed by atoms with Gasteiger partial charge in [-0.3, -0.25) is 0 Å². The van der Waals surface area contributed by atoms with Gasteiger partial charge in [-0.1, -0.05) is 37.6 Å². The largest absolute Gasteiger partial charge is 0.316 e. The zero-order chi connectivity index (χ0) is 13.8. The maximum Gasteiger partial charge on any atom is 0.0408 e. The monoisotopic (exact) mass is 315 g/mol. The van der Waals surface area contributed by atoms with Gasteiger partial charge in [0.2, 0.25) is 0 Å². The van der Waals surface area contributed by atoms with Crippen LogP contribution in [0.1, 0.15) is 19.4 Å². The highest BCUT2D eigenvalue weighted by Crippen LogP contribution is 2.37. The number of rotatable bonds is 4. The predicted octanol–water partition coefficient (Wildman–Crippen LogP) is 4.10. The molecule has 0 aromatic heterocycles. The number of nitrogens with one attached hydrogen (secondary N) is 1. The second-order valence-electron chi connectivity index (χ2n) is 5.15. The quantitative estimate of drug-likeness (QED) is 0.898. The van der Waals surface area contributed by atoms with Crippen molar-refractivity contribution in [2.45, 2.75) is 42.1 Å². The molecule has 1 saturated heterocycles. The van der Waals surface area contributed by atoms with Gasteiger partial charge in [0.25, 0.3) is 0 Å². The van der Waals surface area contributed by atoms with Crippen LogP contribution in [0.4, 0.5) is 0 Å². The van der Waals surface area contributed by atoms with Crippen molar-refractivity contribution in [2.75, 3.05) is 12.8 Å². The lowest BCUT2D eigenvalue weighted by Gasteiger charge is -2.36. The van der Waals surface area contributed by atoms with Crippen LogP contribution >= 0.6 is 35.1 Å². The Morgan fingerprint density at radius 1 is 1.37 bits per heavy atom. The summed E-state index contributed by atoms with van der Waals surface area (Å²) in [5, 5.41) is 6.52. The molecule has 1 aromatic carbocycles. The maximum absolute atomic E-state index is 6.07. The van der Waals surface area contributed by atoms with Crippen molar-refractivity contribution in [3.63, 3.8) is 0 Å². The smallest absolute Gasteiger partial charge is 0.0408 e. The molecule has 1 heterocycles. The standard InChI is InChI=1S/C15H22ClNS2/c1-10-11(2)19-15(9-18-10)14(17-3)8-12-5-4-6-13(16)7-12/h4-7,10-11,14-15,17H,8-9H2,1-3H3. The van der Waals surface area contributed by atoms with Gasteiger partial charge in [0.1, 0.15) is 0 Å². The highest BCUT2D eigenvalue weighted by atomic mass is 35.5. The number of hydrogen-bond acceptors (Lipinski definition) is 3. The molecule has 0 bridgehead atoms. The van der Waals surface area contributed by atoms with Crippen molar-refractivity contribution in [1.82, 2.24) is 5.32 Å². The molecule has 1 aromatic rings. The van der Waals surface area contributed by atoms with Gasteiger partial charge in [-0.05, 0) is 31.2 Å². The second-order valence-corrected chi connectivity index (χ2v) is 8.62. The van der Waals surface area contributed by atoms with Gasteiger partial charge in [-0.2, -0.15) is 23.5 Å². The molecule has 2 rings (SSSR count). The van der Waals surface area contributed by atoms with Gasteiger partial charge in [-0.25, -0.2) is 0 Å². The van der Waals surface area contributed by atoms with Crippen LogP contribution in [-0.4, -0.2) is 34.6 Å². The van der Waals surface area contributed by atoms with Crippen LogP contribution in [-0.2, 0) is 6.42 Å². The van der Waals surface area contributed by atoms with E-state index in [9.17, 15) is 0 Å². The summed E-state index contributed by atoms with van der Waals surface area (Å²) in [5.74, 6) is 1.24. The van der Waals surface area contributed by atoms with E-state index in [-0.39, 0.29) is 0 Å². The molecule has 19 heavy (non-hydrogen) atoms. The minimum atomic E-state index is 0.519. The third-order valence-corrected chi connectivity index (χ3v) is 7.52. The van der Waals surface area contributed by atoms with E-state index in [1.54, 1.807) is 0 Å². The van der Waals surface area contributed by atoms with Crippen LogP contribution in [0.15, 0.2) is 24.3 Å². The Bertz CT molecular complexity index is 413. The summed E-state index contributed by atoms with van der Waals surface area (Å²) in [6.45, 7) is 4.69. The maximum atomic E-state index is 6.07. The van der Waals surface area contributed by atoms with Crippen molar-refractivity contribution < 1.29 is 0 Å². The fourth-order valence-electron chi connectivity index (χ4n) is 2.36. The van der Waals surface area contributed by atoms with E-state index in [1.165, 1.54) is 11.3 Å². The highest BCUT2D eigenvalue weighted by Gasteiger charge is 2.30. The Balaban J connectivity index is 2.00. The molecule has 1 nitrogen and oxygen atoms in total. The first kappa shape index (κ1) is 15.6. The van der Waals surface area contributed by atoms with Crippen LogP contribution in [0, 0.1) is 0 Å². The molecule has 4 unspecified atom stereocenters. The number of hydrogen-bond donors (Lipinski definition) is 1. The Labute approximate surface area is 130 Å². The summed E-state index contributed by atoms with van der Waals surface area (Å²) in [6.07, 6.45) is 1.05. The molecule has 0 amide bonds. The number of thioether (sulfide) groups is 2. The molecule has 0 radical (unpaired) electrons. The molecule has 4 heteroatoms. The molecule has 1 fully saturated rings. The highest BCUT2D eigenvalue weighted by molar-refractivity contribution is 8.07. The van der Waals surface area contributed by atoms with Crippen molar-refractivity contribution in [3.05, 3.63) is 34.9 Å². The number of likely N-dealkylation sites (N-methyl/N-ethyl adjacent to an activating group) is 1. The van der Waals surface area contributed by atoms with E-state index in [0.29, 0.717) is 11.3 Å². The van der Waals surface area contributed by atoms with Crippen LogP contribution in [0.25, 0.3) is 0 Å². The van der Waals surface area contributed by atoms with Gasteiger partial charge in [0.15, 0.2) is 0 Å². The van der Waals surface area contributed by atoms with Gasteiger partial charge in [-0.15, -0.1) is 0 Å². The zero-order valence-corrected chi connectivity index (χ0v) is 14.1. The molecular formula is C15H22ClNS2. The minimum Gasteiger partial charge on any atom is -0.316 e. The summed E-state index contributed by atoms with van der Waals surface area (Å²) in [6, 6.07) is 8.75. The zero-order valence-electron chi connectivity index (χ0n) is 11.7. The summed E-state index contributed by atoms with van der Waals surface area (Å²) >= 11 is 10.3. The van der Waals surface area contributed by atoms with E-state index in [4.69, 9.17) is 11.6 Å². The first-order valence-corrected chi connectivity index (χ1v) is 9.16. The van der Waals surface area contributed by atoms with E-state index < -0.39 is 0 Å². The Morgan fingerprint density at radius 3 is 2.79 bits per heavy atom. The topological polar surface area (TPSA) is 12.0 Å². The normalized spacial score (nSPS) is 29.2. The minimum absolute atomic E-state index is 0.519. The van der Waals surface area contributed by atoms with Crippen molar-refractivity contribution in [3.8, 4) is 0 Å². The second kappa shape index (κ2) is 7.26. The van der Waals surface area contributed by atoms with Gasteiger partial charge in [0, 0.05) is 32.6 Å². The average molecular weight is 316 g/mol. The summed E-state index contributed by atoms with van der Waals surface area (Å²) in [4.78, 5) is 0. The molecule has 0 saturated carbocycles. The molecular weight excluding hydrogens is 294 g/mol. The Hall–Kier alpha value is 0.170. The molecule has 1 aliphatic heterocycles. The SMILES string of the molecule is CNC(Cc1cccc(Cl)c1)C1CSC(C)C(C)S1. The molecule has 106 valence electrons. The fourth-order valence-corrected chi connectivity index (χ4v) is 5.74. The van der Waals surface area contributed by atoms with Gasteiger partial charge >= 0.3 is 0 Å². The summed E-state index contributed by atoms with van der Waals surface area (Å²) in [5.41, 5.74) is 1.32. The molecule has 4 atom stereocenters. The van der Waals surface area contributed by atoms with Gasteiger partial charge < -0.3 is 5.32 Å². The van der Waals surface area contributed by atoms with E-state index in [2.05, 4.69) is 61.9 Å².